The lowest BCUT2D eigenvalue weighted by molar-refractivity contribution is -0.140. The molecule has 0 aliphatic carbocycles. The number of hydrogen-bond acceptors (Lipinski definition) is 4. The molecule has 1 aromatic rings. The van der Waals surface area contributed by atoms with E-state index in [0.29, 0.717) is 12.0 Å². The number of carbonyl (C=O) groups excluding carboxylic acids is 1. The molecule has 15 heavy (non-hydrogen) atoms. The highest BCUT2D eigenvalue weighted by molar-refractivity contribution is 5.69. The van der Waals surface area contributed by atoms with Crippen LogP contribution in [0.25, 0.3) is 0 Å². The Bertz CT molecular complexity index is 344. The molecule has 0 spiro atoms. The number of hydrogen-bond donors (Lipinski definition) is 1. The summed E-state index contributed by atoms with van der Waals surface area (Å²) in [6, 6.07) is 0.918. The topological polar surface area (TPSA) is 65.2 Å². The second kappa shape index (κ2) is 5.41. The van der Waals surface area contributed by atoms with Crippen LogP contribution in [0.5, 0.6) is 0 Å². The van der Waals surface area contributed by atoms with Gasteiger partial charge >= 0.3 is 5.97 Å². The number of carbonyl (C=O) groups is 1. The standard InChI is InChI=1S/C10H13FN2O2/c1-15-10(14)3-2-9(12)7-4-8(11)6-13-5-7/h4-6,9H,2-3,12H2,1H3. The molecule has 1 aromatic heterocycles. The van der Waals surface area contributed by atoms with E-state index in [1.807, 2.05) is 0 Å². The van der Waals surface area contributed by atoms with E-state index in [1.54, 1.807) is 0 Å². The fraction of sp³-hybridized carbons (Fsp3) is 0.400. The molecule has 2 N–H and O–H groups in total. The minimum absolute atomic E-state index is 0.216. The molecule has 1 atom stereocenters. The van der Waals surface area contributed by atoms with Gasteiger partial charge in [-0.25, -0.2) is 4.39 Å². The van der Waals surface area contributed by atoms with Gasteiger partial charge in [0.25, 0.3) is 0 Å². The van der Waals surface area contributed by atoms with E-state index in [9.17, 15) is 9.18 Å². The van der Waals surface area contributed by atoms with Crippen LogP contribution >= 0.6 is 0 Å². The summed E-state index contributed by atoms with van der Waals surface area (Å²) in [5.74, 6) is -0.754. The molecule has 5 heteroatoms. The van der Waals surface area contributed by atoms with Crippen molar-refractivity contribution in [2.45, 2.75) is 18.9 Å². The van der Waals surface area contributed by atoms with Crippen LogP contribution in [0.1, 0.15) is 24.4 Å². The molecule has 0 fully saturated rings. The minimum atomic E-state index is -0.430. The molecule has 0 saturated carbocycles. The number of halogens is 1. The largest absolute Gasteiger partial charge is 0.469 e. The van der Waals surface area contributed by atoms with Crippen LogP contribution in [0.15, 0.2) is 18.5 Å². The van der Waals surface area contributed by atoms with Crippen LogP contribution in [0.2, 0.25) is 0 Å². The molecule has 0 radical (unpaired) electrons. The monoisotopic (exact) mass is 212 g/mol. The van der Waals surface area contributed by atoms with Crippen molar-refractivity contribution < 1.29 is 13.9 Å². The van der Waals surface area contributed by atoms with Gasteiger partial charge in [0.2, 0.25) is 0 Å². The third-order valence-corrected chi connectivity index (χ3v) is 2.04. The maximum atomic E-state index is 12.8. The quantitative estimate of drug-likeness (QED) is 0.761. The molecule has 4 nitrogen and oxygen atoms in total. The SMILES string of the molecule is COC(=O)CCC(N)c1cncc(F)c1. The van der Waals surface area contributed by atoms with Gasteiger partial charge in [0, 0.05) is 18.7 Å². The Labute approximate surface area is 87.3 Å². The zero-order valence-electron chi connectivity index (χ0n) is 8.44. The predicted molar refractivity (Wildman–Crippen MR) is 52.4 cm³/mol. The van der Waals surface area contributed by atoms with Crippen molar-refractivity contribution in [3.8, 4) is 0 Å². The highest BCUT2D eigenvalue weighted by Crippen LogP contribution is 2.15. The summed E-state index contributed by atoms with van der Waals surface area (Å²) in [4.78, 5) is 14.5. The van der Waals surface area contributed by atoms with Gasteiger partial charge < -0.3 is 10.5 Å². The third kappa shape index (κ3) is 3.63. The first kappa shape index (κ1) is 11.6. The summed E-state index contributed by atoms with van der Waals surface area (Å²) < 4.78 is 17.3. The van der Waals surface area contributed by atoms with Crippen LogP contribution in [0.3, 0.4) is 0 Å². The van der Waals surface area contributed by atoms with Gasteiger partial charge in [0.1, 0.15) is 5.82 Å². The number of aromatic nitrogens is 1. The molecule has 0 bridgehead atoms. The Morgan fingerprint density at radius 2 is 2.40 bits per heavy atom. The predicted octanol–water partition coefficient (Wildman–Crippen LogP) is 1.17. The van der Waals surface area contributed by atoms with Crippen LogP contribution in [0, 0.1) is 5.82 Å². The van der Waals surface area contributed by atoms with E-state index in [-0.39, 0.29) is 12.4 Å². The maximum absolute atomic E-state index is 12.8. The van der Waals surface area contributed by atoms with Crippen molar-refractivity contribution in [1.82, 2.24) is 4.98 Å². The lowest BCUT2D eigenvalue weighted by Crippen LogP contribution is -2.13. The van der Waals surface area contributed by atoms with Crippen LogP contribution < -0.4 is 5.73 Å². The van der Waals surface area contributed by atoms with Crippen LogP contribution in [0.4, 0.5) is 4.39 Å². The second-order valence-electron chi connectivity index (χ2n) is 3.16. The highest BCUT2D eigenvalue weighted by atomic mass is 19.1. The normalized spacial score (nSPS) is 12.2. The highest BCUT2D eigenvalue weighted by Gasteiger charge is 2.10. The molecule has 1 unspecified atom stereocenters. The smallest absolute Gasteiger partial charge is 0.305 e. The van der Waals surface area contributed by atoms with Crippen molar-refractivity contribution >= 4 is 5.97 Å². The Balaban J connectivity index is 2.53. The van der Waals surface area contributed by atoms with E-state index in [0.717, 1.165) is 6.20 Å². The van der Waals surface area contributed by atoms with Gasteiger partial charge in [0.05, 0.1) is 13.3 Å². The number of rotatable bonds is 4. The van der Waals surface area contributed by atoms with Gasteiger partial charge in [0.15, 0.2) is 0 Å². The second-order valence-corrected chi connectivity index (χ2v) is 3.16. The van der Waals surface area contributed by atoms with Crippen LogP contribution in [-0.2, 0) is 9.53 Å². The van der Waals surface area contributed by atoms with Crippen molar-refractivity contribution in [2.75, 3.05) is 7.11 Å². The van der Waals surface area contributed by atoms with E-state index < -0.39 is 11.9 Å². The first-order valence-corrected chi connectivity index (χ1v) is 4.56. The summed E-state index contributed by atoms with van der Waals surface area (Å²) in [6.45, 7) is 0. The number of methoxy groups -OCH3 is 1. The number of ether oxygens (including phenoxy) is 1. The van der Waals surface area contributed by atoms with Crippen molar-refractivity contribution in [2.24, 2.45) is 5.73 Å². The Kier molecular flexibility index (Phi) is 4.17. The number of nitrogens with two attached hydrogens (primary N) is 1. The summed E-state index contributed by atoms with van der Waals surface area (Å²) in [5.41, 5.74) is 6.33. The fourth-order valence-corrected chi connectivity index (χ4v) is 1.17. The lowest BCUT2D eigenvalue weighted by atomic mass is 10.1. The Morgan fingerprint density at radius 1 is 1.67 bits per heavy atom. The van der Waals surface area contributed by atoms with Gasteiger partial charge in [-0.2, -0.15) is 0 Å². The van der Waals surface area contributed by atoms with Crippen molar-refractivity contribution in [3.63, 3.8) is 0 Å². The Hall–Kier alpha value is -1.49. The van der Waals surface area contributed by atoms with Gasteiger partial charge in [-0.05, 0) is 18.1 Å². The van der Waals surface area contributed by atoms with Crippen molar-refractivity contribution in [3.05, 3.63) is 29.8 Å². The minimum Gasteiger partial charge on any atom is -0.469 e. The first-order valence-electron chi connectivity index (χ1n) is 4.56. The van der Waals surface area contributed by atoms with Gasteiger partial charge in [-0.1, -0.05) is 0 Å². The number of nitrogens with zero attached hydrogens (tertiary/aromatic N) is 1. The zero-order chi connectivity index (χ0) is 11.3. The van der Waals surface area contributed by atoms with Gasteiger partial charge in [-0.15, -0.1) is 0 Å². The van der Waals surface area contributed by atoms with Gasteiger partial charge in [-0.3, -0.25) is 9.78 Å². The van der Waals surface area contributed by atoms with E-state index >= 15 is 0 Å². The van der Waals surface area contributed by atoms with Crippen molar-refractivity contribution in [1.29, 1.82) is 0 Å². The number of pyridine rings is 1. The average Bonchev–Trinajstić information content (AvgIpc) is 2.25. The summed E-state index contributed by atoms with van der Waals surface area (Å²) in [7, 11) is 1.32. The molecule has 0 saturated heterocycles. The fourth-order valence-electron chi connectivity index (χ4n) is 1.17. The summed E-state index contributed by atoms with van der Waals surface area (Å²) in [5, 5.41) is 0. The van der Waals surface area contributed by atoms with E-state index in [4.69, 9.17) is 5.73 Å². The zero-order valence-corrected chi connectivity index (χ0v) is 8.44. The maximum Gasteiger partial charge on any atom is 0.305 e. The molecular formula is C10H13FN2O2. The molecule has 1 heterocycles. The van der Waals surface area contributed by atoms with E-state index in [1.165, 1.54) is 19.4 Å². The average molecular weight is 212 g/mol. The molecule has 0 aromatic carbocycles. The third-order valence-electron chi connectivity index (χ3n) is 2.04. The number of esters is 1. The summed E-state index contributed by atoms with van der Waals surface area (Å²) >= 11 is 0. The van der Waals surface area contributed by atoms with E-state index in [2.05, 4.69) is 9.72 Å². The molecule has 0 amide bonds. The summed E-state index contributed by atoms with van der Waals surface area (Å²) in [6.07, 6.45) is 3.23. The lowest BCUT2D eigenvalue weighted by Gasteiger charge is -2.10. The molecule has 0 aliphatic rings. The first-order chi connectivity index (χ1) is 7.13. The van der Waals surface area contributed by atoms with Crippen LogP contribution in [-0.4, -0.2) is 18.1 Å². The Morgan fingerprint density at radius 3 is 3.00 bits per heavy atom. The molecule has 1 rings (SSSR count). The molecule has 0 aliphatic heterocycles. The molecular weight excluding hydrogens is 199 g/mol. The molecule has 82 valence electrons.